The highest BCUT2D eigenvalue weighted by atomic mass is 35.5. The minimum Gasteiger partial charge on any atom is -0.294 e. The Morgan fingerprint density at radius 2 is 1.79 bits per heavy atom. The minimum absolute atomic E-state index is 0.116. The van der Waals surface area contributed by atoms with Gasteiger partial charge in [-0.05, 0) is 42.5 Å². The standard InChI is InChI=1S/C23H18ClN3O/c1-14-22(16-5-3-2-4-6-16)23-25-13-19-20(27(23)26-14)11-17(12-21(19)28)15-7-9-18(24)10-8-15/h2-10,13,17H,11-12H2,1H3. The number of fused-ring (bicyclic) bond motifs is 3. The zero-order chi connectivity index (χ0) is 19.3. The summed E-state index contributed by atoms with van der Waals surface area (Å²) in [5.74, 6) is 0.234. The van der Waals surface area contributed by atoms with Crippen LogP contribution in [0.3, 0.4) is 0 Å². The van der Waals surface area contributed by atoms with Gasteiger partial charge in [0.15, 0.2) is 11.4 Å². The van der Waals surface area contributed by atoms with Crippen molar-refractivity contribution < 1.29 is 4.79 Å². The smallest absolute Gasteiger partial charge is 0.166 e. The summed E-state index contributed by atoms with van der Waals surface area (Å²) in [7, 11) is 0. The van der Waals surface area contributed by atoms with Gasteiger partial charge in [0, 0.05) is 23.2 Å². The summed E-state index contributed by atoms with van der Waals surface area (Å²) < 4.78 is 1.87. The summed E-state index contributed by atoms with van der Waals surface area (Å²) in [6, 6.07) is 17.9. The van der Waals surface area contributed by atoms with Crippen molar-refractivity contribution in [2.75, 3.05) is 0 Å². The number of rotatable bonds is 2. The Balaban J connectivity index is 1.66. The molecule has 1 atom stereocenters. The quantitative estimate of drug-likeness (QED) is 0.470. The molecule has 0 amide bonds. The number of ketones is 1. The van der Waals surface area contributed by atoms with E-state index in [-0.39, 0.29) is 11.7 Å². The van der Waals surface area contributed by atoms with Crippen molar-refractivity contribution in [3.63, 3.8) is 0 Å². The van der Waals surface area contributed by atoms with Gasteiger partial charge in [-0.15, -0.1) is 0 Å². The van der Waals surface area contributed by atoms with E-state index in [0.29, 0.717) is 17.0 Å². The van der Waals surface area contributed by atoms with Crippen LogP contribution >= 0.6 is 11.6 Å². The number of halogens is 1. The summed E-state index contributed by atoms with van der Waals surface area (Å²) in [6.45, 7) is 1.99. The molecule has 4 aromatic rings. The number of hydrogen-bond donors (Lipinski definition) is 0. The lowest BCUT2D eigenvalue weighted by Crippen LogP contribution is -2.22. The molecule has 0 bridgehead atoms. The van der Waals surface area contributed by atoms with Gasteiger partial charge in [-0.1, -0.05) is 54.1 Å². The predicted molar refractivity (Wildman–Crippen MR) is 110 cm³/mol. The van der Waals surface area contributed by atoms with E-state index in [9.17, 15) is 4.79 Å². The number of Topliss-reactive ketones (excluding diaryl/α,β-unsaturated/α-hetero) is 1. The number of carbonyl (C=O) groups excluding carboxylic acids is 1. The van der Waals surface area contributed by atoms with Gasteiger partial charge >= 0.3 is 0 Å². The van der Waals surface area contributed by atoms with Crippen molar-refractivity contribution in [1.29, 1.82) is 0 Å². The summed E-state index contributed by atoms with van der Waals surface area (Å²) in [5, 5.41) is 5.46. The van der Waals surface area contributed by atoms with Crippen LogP contribution in [0.2, 0.25) is 5.02 Å². The van der Waals surface area contributed by atoms with Gasteiger partial charge in [-0.25, -0.2) is 9.50 Å². The molecular formula is C23H18ClN3O. The lowest BCUT2D eigenvalue weighted by molar-refractivity contribution is 0.0962. The van der Waals surface area contributed by atoms with E-state index < -0.39 is 0 Å². The normalized spacial score (nSPS) is 16.4. The van der Waals surface area contributed by atoms with Gasteiger partial charge < -0.3 is 0 Å². The maximum atomic E-state index is 12.8. The molecule has 0 saturated heterocycles. The van der Waals surface area contributed by atoms with Crippen molar-refractivity contribution in [1.82, 2.24) is 14.6 Å². The largest absolute Gasteiger partial charge is 0.294 e. The van der Waals surface area contributed by atoms with E-state index in [1.807, 2.05) is 53.9 Å². The van der Waals surface area contributed by atoms with Gasteiger partial charge in [0.1, 0.15) is 0 Å². The number of nitrogens with zero attached hydrogens (tertiary/aromatic N) is 3. The average molecular weight is 388 g/mol. The van der Waals surface area contributed by atoms with E-state index in [1.54, 1.807) is 6.20 Å². The lowest BCUT2D eigenvalue weighted by Gasteiger charge is -2.24. The fourth-order valence-corrected chi connectivity index (χ4v) is 4.24. The second-order valence-corrected chi connectivity index (χ2v) is 7.70. The van der Waals surface area contributed by atoms with Crippen LogP contribution in [0.1, 0.15) is 39.6 Å². The molecule has 0 spiro atoms. The average Bonchev–Trinajstić information content (AvgIpc) is 3.05. The Labute approximate surface area is 167 Å². The van der Waals surface area contributed by atoms with Crippen molar-refractivity contribution >= 4 is 23.0 Å². The van der Waals surface area contributed by atoms with Crippen LogP contribution in [-0.4, -0.2) is 20.4 Å². The van der Waals surface area contributed by atoms with E-state index in [4.69, 9.17) is 16.7 Å². The lowest BCUT2D eigenvalue weighted by atomic mass is 9.82. The summed E-state index contributed by atoms with van der Waals surface area (Å²) in [6.07, 6.45) is 2.95. The van der Waals surface area contributed by atoms with Crippen LogP contribution < -0.4 is 0 Å². The van der Waals surface area contributed by atoms with Crippen LogP contribution in [0.15, 0.2) is 60.8 Å². The highest BCUT2D eigenvalue weighted by Crippen LogP contribution is 2.35. The molecule has 2 aromatic carbocycles. The van der Waals surface area contributed by atoms with E-state index in [2.05, 4.69) is 17.1 Å². The molecule has 138 valence electrons. The first kappa shape index (κ1) is 17.1. The Kier molecular flexibility index (Phi) is 4.02. The SMILES string of the molecule is Cc1nn2c3c(cnc2c1-c1ccccc1)C(=O)CC(c1ccc(Cl)cc1)C3. The van der Waals surface area contributed by atoms with Crippen molar-refractivity contribution in [3.05, 3.63) is 88.3 Å². The van der Waals surface area contributed by atoms with Crippen LogP contribution in [0.4, 0.5) is 0 Å². The molecule has 0 saturated carbocycles. The van der Waals surface area contributed by atoms with Crippen LogP contribution in [0.25, 0.3) is 16.8 Å². The third-order valence-corrected chi connectivity index (χ3v) is 5.75. The molecule has 4 nitrogen and oxygen atoms in total. The number of benzene rings is 2. The van der Waals surface area contributed by atoms with Gasteiger partial charge in [-0.2, -0.15) is 5.10 Å². The maximum Gasteiger partial charge on any atom is 0.166 e. The molecule has 5 rings (SSSR count). The first-order chi connectivity index (χ1) is 13.6. The fourth-order valence-electron chi connectivity index (χ4n) is 4.12. The summed E-state index contributed by atoms with van der Waals surface area (Å²) in [5.41, 5.74) is 6.55. The highest BCUT2D eigenvalue weighted by Gasteiger charge is 2.30. The minimum atomic E-state index is 0.116. The molecule has 28 heavy (non-hydrogen) atoms. The Morgan fingerprint density at radius 1 is 1.04 bits per heavy atom. The monoisotopic (exact) mass is 387 g/mol. The number of hydrogen-bond acceptors (Lipinski definition) is 3. The number of aryl methyl sites for hydroxylation is 1. The van der Waals surface area contributed by atoms with Gasteiger partial charge in [0.2, 0.25) is 0 Å². The Hall–Kier alpha value is -2.98. The summed E-state index contributed by atoms with van der Waals surface area (Å²) >= 11 is 6.03. The predicted octanol–water partition coefficient (Wildman–Crippen LogP) is 5.27. The zero-order valence-electron chi connectivity index (χ0n) is 15.4. The molecule has 0 radical (unpaired) electrons. The number of carbonyl (C=O) groups is 1. The van der Waals surface area contributed by atoms with Crippen molar-refractivity contribution in [3.8, 4) is 11.1 Å². The van der Waals surface area contributed by atoms with E-state index in [0.717, 1.165) is 40.1 Å². The van der Waals surface area contributed by atoms with Crippen molar-refractivity contribution in [2.45, 2.75) is 25.7 Å². The maximum absolute atomic E-state index is 12.8. The molecule has 2 aromatic heterocycles. The Morgan fingerprint density at radius 3 is 2.54 bits per heavy atom. The molecule has 0 aliphatic heterocycles. The molecule has 5 heteroatoms. The third kappa shape index (κ3) is 2.72. The second kappa shape index (κ2) is 6.57. The molecule has 1 unspecified atom stereocenters. The van der Waals surface area contributed by atoms with Gasteiger partial charge in [0.05, 0.1) is 17.0 Å². The number of aromatic nitrogens is 3. The van der Waals surface area contributed by atoms with Crippen molar-refractivity contribution in [2.24, 2.45) is 0 Å². The molecule has 2 heterocycles. The van der Waals surface area contributed by atoms with Crippen LogP contribution in [0, 0.1) is 6.92 Å². The third-order valence-electron chi connectivity index (χ3n) is 5.49. The second-order valence-electron chi connectivity index (χ2n) is 7.26. The highest BCUT2D eigenvalue weighted by molar-refractivity contribution is 6.30. The van der Waals surface area contributed by atoms with E-state index in [1.165, 1.54) is 0 Å². The first-order valence-corrected chi connectivity index (χ1v) is 9.71. The molecule has 0 fully saturated rings. The van der Waals surface area contributed by atoms with Crippen LogP contribution in [-0.2, 0) is 6.42 Å². The zero-order valence-corrected chi connectivity index (χ0v) is 16.1. The first-order valence-electron chi connectivity index (χ1n) is 9.33. The van der Waals surface area contributed by atoms with Crippen LogP contribution in [0.5, 0.6) is 0 Å². The topological polar surface area (TPSA) is 47.3 Å². The Bertz CT molecular complexity index is 1200. The fraction of sp³-hybridized carbons (Fsp3) is 0.174. The molecule has 1 aliphatic rings. The summed E-state index contributed by atoms with van der Waals surface area (Å²) in [4.78, 5) is 17.4. The van der Waals surface area contributed by atoms with Gasteiger partial charge in [0.25, 0.3) is 0 Å². The molecular weight excluding hydrogens is 370 g/mol. The molecule has 0 N–H and O–H groups in total. The molecule has 1 aliphatic carbocycles. The van der Waals surface area contributed by atoms with Gasteiger partial charge in [-0.3, -0.25) is 4.79 Å². The van der Waals surface area contributed by atoms with E-state index >= 15 is 0 Å².